The molecule has 0 aliphatic carbocycles. The van der Waals surface area contributed by atoms with Crippen molar-refractivity contribution in [3.8, 4) is 17.2 Å². The van der Waals surface area contributed by atoms with Crippen molar-refractivity contribution < 1.29 is 27.4 Å². The zero-order chi connectivity index (χ0) is 22.3. The van der Waals surface area contributed by atoms with E-state index in [4.69, 9.17) is 14.2 Å². The van der Waals surface area contributed by atoms with Gasteiger partial charge in [0.2, 0.25) is 10.0 Å². The Hall–Kier alpha value is -3.11. The molecule has 0 aliphatic rings. The van der Waals surface area contributed by atoms with E-state index in [-0.39, 0.29) is 4.90 Å². The number of aryl methyl sites for hydroxylation is 1. The molecule has 0 radical (unpaired) electrons. The molecule has 162 valence electrons. The van der Waals surface area contributed by atoms with Gasteiger partial charge in [-0.2, -0.15) is 9.41 Å². The highest BCUT2D eigenvalue weighted by atomic mass is 32.2. The van der Waals surface area contributed by atoms with Crippen molar-refractivity contribution in [3.63, 3.8) is 0 Å². The van der Waals surface area contributed by atoms with Gasteiger partial charge in [0.15, 0.2) is 11.5 Å². The number of benzene rings is 2. The Morgan fingerprint density at radius 3 is 2.17 bits per heavy atom. The Balaban J connectivity index is 2.07. The fraction of sp³-hybridized carbons (Fsp3) is 0.300. The number of likely N-dealkylation sites (N-methyl/N-ethyl adjacent to an activating group) is 1. The van der Waals surface area contributed by atoms with Crippen LogP contribution in [0.4, 0.5) is 0 Å². The van der Waals surface area contributed by atoms with Crippen molar-refractivity contribution in [2.45, 2.75) is 11.8 Å². The third-order valence-corrected chi connectivity index (χ3v) is 6.04. The monoisotopic (exact) mass is 435 g/mol. The van der Waals surface area contributed by atoms with Crippen molar-refractivity contribution >= 4 is 22.1 Å². The number of ether oxygens (including phenoxy) is 3. The van der Waals surface area contributed by atoms with Gasteiger partial charge in [-0.1, -0.05) is 17.7 Å². The molecule has 2 aromatic rings. The summed E-state index contributed by atoms with van der Waals surface area (Å²) in [5.74, 6) is 0.821. The van der Waals surface area contributed by atoms with Crippen LogP contribution in [-0.4, -0.2) is 59.8 Å². The summed E-state index contributed by atoms with van der Waals surface area (Å²) in [6, 6.07) is 9.66. The van der Waals surface area contributed by atoms with Crippen LogP contribution in [-0.2, 0) is 14.8 Å². The minimum atomic E-state index is -3.79. The van der Waals surface area contributed by atoms with Gasteiger partial charge >= 0.3 is 0 Å². The van der Waals surface area contributed by atoms with E-state index in [2.05, 4.69) is 10.5 Å². The molecule has 2 aromatic carbocycles. The first-order valence-electron chi connectivity index (χ1n) is 8.87. The predicted molar refractivity (Wildman–Crippen MR) is 113 cm³/mol. The highest BCUT2D eigenvalue weighted by molar-refractivity contribution is 7.89. The van der Waals surface area contributed by atoms with Crippen LogP contribution in [0.1, 0.15) is 11.1 Å². The second-order valence-electron chi connectivity index (χ2n) is 6.32. The largest absolute Gasteiger partial charge is 0.496 e. The third kappa shape index (κ3) is 5.49. The number of nitrogens with zero attached hydrogens (tertiary/aromatic N) is 2. The molecule has 9 nitrogen and oxygen atoms in total. The van der Waals surface area contributed by atoms with Crippen LogP contribution in [0.2, 0.25) is 0 Å². The van der Waals surface area contributed by atoms with E-state index in [0.717, 1.165) is 9.87 Å². The third-order valence-electron chi connectivity index (χ3n) is 4.22. The van der Waals surface area contributed by atoms with E-state index in [0.29, 0.717) is 22.8 Å². The molecule has 30 heavy (non-hydrogen) atoms. The standard InChI is InChI=1S/C20H25N3O6S/c1-14-6-8-16(9-7-14)30(25,26)23(2)13-20(24)22-21-12-15-10-18(28-4)19(29-5)11-17(15)27-3/h6-12H,13H2,1-5H3,(H,22,24)/b21-12+. The first-order chi connectivity index (χ1) is 14.2. The molecule has 0 spiro atoms. The first kappa shape index (κ1) is 23.2. The van der Waals surface area contributed by atoms with E-state index >= 15 is 0 Å². The van der Waals surface area contributed by atoms with Crippen molar-refractivity contribution in [1.82, 2.24) is 9.73 Å². The van der Waals surface area contributed by atoms with Gasteiger partial charge in [-0.05, 0) is 25.1 Å². The van der Waals surface area contributed by atoms with Gasteiger partial charge < -0.3 is 14.2 Å². The molecule has 1 N–H and O–H groups in total. The summed E-state index contributed by atoms with van der Waals surface area (Å²) < 4.78 is 41.8. The van der Waals surface area contributed by atoms with Gasteiger partial charge in [0.25, 0.3) is 5.91 Å². The Bertz CT molecular complexity index is 1020. The van der Waals surface area contributed by atoms with E-state index in [1.807, 2.05) is 6.92 Å². The Morgan fingerprint density at radius 1 is 1.03 bits per heavy atom. The summed E-state index contributed by atoms with van der Waals surface area (Å²) in [5, 5.41) is 3.88. The molecule has 2 rings (SSSR count). The van der Waals surface area contributed by atoms with Crippen molar-refractivity contribution in [2.75, 3.05) is 34.9 Å². The summed E-state index contributed by atoms with van der Waals surface area (Å²) in [6.45, 7) is 1.47. The molecule has 0 bridgehead atoms. The molecule has 0 aromatic heterocycles. The van der Waals surface area contributed by atoms with E-state index in [1.54, 1.807) is 24.3 Å². The molecule has 0 aliphatic heterocycles. The van der Waals surface area contributed by atoms with Crippen LogP contribution in [0.3, 0.4) is 0 Å². The summed E-state index contributed by atoms with van der Waals surface area (Å²) in [5.41, 5.74) is 3.79. The minimum Gasteiger partial charge on any atom is -0.496 e. The fourth-order valence-electron chi connectivity index (χ4n) is 2.54. The molecule has 0 heterocycles. The molecule has 0 atom stereocenters. The number of nitrogens with one attached hydrogen (secondary N) is 1. The number of rotatable bonds is 9. The molecule has 0 unspecified atom stereocenters. The number of hydrazone groups is 1. The van der Waals surface area contributed by atoms with Crippen LogP contribution >= 0.6 is 0 Å². The van der Waals surface area contributed by atoms with Gasteiger partial charge in [-0.15, -0.1) is 0 Å². The molecule has 1 amide bonds. The SMILES string of the molecule is COc1cc(OC)c(OC)cc1/C=N/NC(=O)CN(C)S(=O)(=O)c1ccc(C)cc1. The molecule has 10 heteroatoms. The van der Waals surface area contributed by atoms with Crippen LogP contribution in [0.5, 0.6) is 17.2 Å². The number of hydrogen-bond acceptors (Lipinski definition) is 7. The molecule has 0 saturated heterocycles. The predicted octanol–water partition coefficient (Wildman–Crippen LogP) is 1.79. The summed E-state index contributed by atoms with van der Waals surface area (Å²) in [4.78, 5) is 12.3. The smallest absolute Gasteiger partial charge is 0.255 e. The number of carbonyl (C=O) groups excluding carboxylic acids is 1. The lowest BCUT2D eigenvalue weighted by Gasteiger charge is -2.16. The fourth-order valence-corrected chi connectivity index (χ4v) is 3.67. The van der Waals surface area contributed by atoms with Gasteiger partial charge in [-0.3, -0.25) is 4.79 Å². The summed E-state index contributed by atoms with van der Waals surface area (Å²) >= 11 is 0. The summed E-state index contributed by atoms with van der Waals surface area (Å²) in [6.07, 6.45) is 1.37. The zero-order valence-electron chi connectivity index (χ0n) is 17.5. The Labute approximate surface area is 176 Å². The average Bonchev–Trinajstić information content (AvgIpc) is 2.73. The Kier molecular flexibility index (Phi) is 7.79. The molecular formula is C20H25N3O6S. The topological polar surface area (TPSA) is 107 Å². The maximum Gasteiger partial charge on any atom is 0.255 e. The summed E-state index contributed by atoms with van der Waals surface area (Å²) in [7, 11) is 2.04. The lowest BCUT2D eigenvalue weighted by molar-refractivity contribution is -0.121. The van der Waals surface area contributed by atoms with E-state index in [9.17, 15) is 13.2 Å². The molecular weight excluding hydrogens is 410 g/mol. The van der Waals surface area contributed by atoms with Gasteiger partial charge in [-0.25, -0.2) is 13.8 Å². The van der Waals surface area contributed by atoms with Gasteiger partial charge in [0.1, 0.15) is 5.75 Å². The van der Waals surface area contributed by atoms with Gasteiger partial charge in [0, 0.05) is 18.7 Å². The van der Waals surface area contributed by atoms with E-state index < -0.39 is 22.5 Å². The number of methoxy groups -OCH3 is 3. The quantitative estimate of drug-likeness (QED) is 0.475. The highest BCUT2D eigenvalue weighted by Crippen LogP contribution is 2.33. The number of hydrogen-bond donors (Lipinski definition) is 1. The number of amides is 1. The van der Waals surface area contributed by atoms with Crippen LogP contribution < -0.4 is 19.6 Å². The molecule has 0 saturated carbocycles. The molecule has 0 fully saturated rings. The maximum atomic E-state index is 12.6. The minimum absolute atomic E-state index is 0.113. The van der Waals surface area contributed by atoms with Gasteiger partial charge in [0.05, 0.1) is 39.0 Å². The Morgan fingerprint density at radius 2 is 1.60 bits per heavy atom. The van der Waals surface area contributed by atoms with Crippen LogP contribution in [0.25, 0.3) is 0 Å². The normalized spacial score (nSPS) is 11.5. The maximum absolute atomic E-state index is 12.6. The first-order valence-corrected chi connectivity index (χ1v) is 10.3. The van der Waals surface area contributed by atoms with E-state index in [1.165, 1.54) is 46.7 Å². The second-order valence-corrected chi connectivity index (χ2v) is 8.36. The highest BCUT2D eigenvalue weighted by Gasteiger charge is 2.22. The number of carbonyl (C=O) groups is 1. The van der Waals surface area contributed by atoms with Crippen LogP contribution in [0, 0.1) is 6.92 Å². The van der Waals surface area contributed by atoms with Crippen LogP contribution in [0.15, 0.2) is 46.4 Å². The second kappa shape index (κ2) is 10.1. The zero-order valence-corrected chi connectivity index (χ0v) is 18.3. The number of sulfonamides is 1. The van der Waals surface area contributed by atoms with Crippen molar-refractivity contribution in [2.24, 2.45) is 5.10 Å². The lowest BCUT2D eigenvalue weighted by Crippen LogP contribution is -2.36. The lowest BCUT2D eigenvalue weighted by atomic mass is 10.2. The van der Waals surface area contributed by atoms with Crippen molar-refractivity contribution in [3.05, 3.63) is 47.5 Å². The average molecular weight is 436 g/mol. The van der Waals surface area contributed by atoms with Crippen molar-refractivity contribution in [1.29, 1.82) is 0 Å².